The molecule has 38 heavy (non-hydrogen) atoms. The molecule has 0 aromatic heterocycles. The van der Waals surface area contributed by atoms with Crippen LogP contribution in [-0.2, 0) is 28.6 Å². The van der Waals surface area contributed by atoms with Crippen LogP contribution in [0.5, 0.6) is 28.7 Å². The van der Waals surface area contributed by atoms with Crippen LogP contribution in [-0.4, -0.2) is 65.5 Å². The highest BCUT2D eigenvalue weighted by Crippen LogP contribution is 2.53. The summed E-state index contributed by atoms with van der Waals surface area (Å²) in [6, 6.07) is 7.02. The van der Waals surface area contributed by atoms with Crippen molar-refractivity contribution in [2.75, 3.05) is 41.8 Å². The standard InChI is InChI=1S/C26H26O12/c1-6-35-23(28)19-20(14-10-17(31-2)21(33-4)18(11-14)32-3)38-25(30)26(19,24(29)34-5)22(27)13-7-8-15-16(9-13)37-12-36-15/h7-11,19-20H,6,12H2,1-5H3/t19-,20+,26+/m0/s1. The molecule has 0 saturated carbocycles. The van der Waals surface area contributed by atoms with E-state index in [4.69, 9.17) is 37.9 Å². The average Bonchev–Trinajstić information content (AvgIpc) is 3.53. The number of Topliss-reactive ketones (excluding diaryl/α,β-unsaturated/α-hetero) is 1. The second kappa shape index (κ2) is 10.5. The predicted molar refractivity (Wildman–Crippen MR) is 126 cm³/mol. The molecular weight excluding hydrogens is 504 g/mol. The molecule has 0 radical (unpaired) electrons. The van der Waals surface area contributed by atoms with Crippen molar-refractivity contribution in [1.82, 2.24) is 0 Å². The van der Waals surface area contributed by atoms with Gasteiger partial charge in [-0.2, -0.15) is 0 Å². The Labute approximate surface area is 217 Å². The van der Waals surface area contributed by atoms with Crippen LogP contribution in [0.25, 0.3) is 0 Å². The summed E-state index contributed by atoms with van der Waals surface area (Å²) in [7, 11) is 5.17. The molecule has 1 fully saturated rings. The van der Waals surface area contributed by atoms with Gasteiger partial charge >= 0.3 is 17.9 Å². The van der Waals surface area contributed by atoms with E-state index in [1.807, 2.05) is 0 Å². The topological polar surface area (TPSA) is 142 Å². The second-order valence-corrected chi connectivity index (χ2v) is 8.21. The Morgan fingerprint density at radius 3 is 2.18 bits per heavy atom. The molecule has 0 spiro atoms. The summed E-state index contributed by atoms with van der Waals surface area (Å²) in [6.07, 6.45) is -1.45. The predicted octanol–water partition coefficient (Wildman–Crippen LogP) is 2.26. The van der Waals surface area contributed by atoms with Gasteiger partial charge in [0.25, 0.3) is 0 Å². The fourth-order valence-electron chi connectivity index (χ4n) is 4.65. The second-order valence-electron chi connectivity index (χ2n) is 8.21. The Morgan fingerprint density at radius 1 is 0.947 bits per heavy atom. The molecule has 0 unspecified atom stereocenters. The Balaban J connectivity index is 1.93. The van der Waals surface area contributed by atoms with Gasteiger partial charge in [0.05, 0.1) is 35.0 Å². The minimum Gasteiger partial charge on any atom is -0.493 e. The Bertz CT molecular complexity index is 1260. The average molecular weight is 530 g/mol. The summed E-state index contributed by atoms with van der Waals surface area (Å²) in [6.45, 7) is 1.39. The van der Waals surface area contributed by atoms with Gasteiger partial charge in [-0.15, -0.1) is 0 Å². The zero-order chi connectivity index (χ0) is 27.6. The van der Waals surface area contributed by atoms with E-state index in [-0.39, 0.29) is 47.5 Å². The van der Waals surface area contributed by atoms with Crippen LogP contribution in [0.1, 0.15) is 28.9 Å². The number of hydrogen-bond acceptors (Lipinski definition) is 12. The van der Waals surface area contributed by atoms with Crippen LogP contribution in [0.15, 0.2) is 30.3 Å². The molecule has 2 heterocycles. The highest BCUT2D eigenvalue weighted by atomic mass is 16.7. The van der Waals surface area contributed by atoms with Gasteiger partial charge in [-0.05, 0) is 37.3 Å². The number of hydrogen-bond donors (Lipinski definition) is 0. The van der Waals surface area contributed by atoms with E-state index in [1.165, 1.54) is 51.7 Å². The molecule has 3 atom stereocenters. The van der Waals surface area contributed by atoms with Crippen molar-refractivity contribution in [3.63, 3.8) is 0 Å². The first kappa shape index (κ1) is 26.6. The van der Waals surface area contributed by atoms with Crippen molar-refractivity contribution in [3.8, 4) is 28.7 Å². The number of carbonyl (C=O) groups is 4. The Kier molecular flexibility index (Phi) is 7.33. The quantitative estimate of drug-likeness (QED) is 0.203. The van der Waals surface area contributed by atoms with Gasteiger partial charge < -0.3 is 37.9 Å². The fraction of sp³-hybridized carbons (Fsp3) is 0.385. The number of benzene rings is 2. The van der Waals surface area contributed by atoms with E-state index in [0.29, 0.717) is 5.75 Å². The van der Waals surface area contributed by atoms with Crippen molar-refractivity contribution >= 4 is 23.7 Å². The summed E-state index contributed by atoms with van der Waals surface area (Å²) in [5.41, 5.74) is -2.63. The van der Waals surface area contributed by atoms with Gasteiger partial charge in [0, 0.05) is 11.1 Å². The first-order valence-electron chi connectivity index (χ1n) is 11.5. The van der Waals surface area contributed by atoms with Crippen molar-refractivity contribution in [3.05, 3.63) is 41.5 Å². The highest BCUT2D eigenvalue weighted by Gasteiger charge is 2.71. The van der Waals surface area contributed by atoms with Crippen LogP contribution in [0.4, 0.5) is 0 Å². The maximum atomic E-state index is 14.0. The van der Waals surface area contributed by atoms with E-state index in [2.05, 4.69) is 0 Å². The van der Waals surface area contributed by atoms with Crippen molar-refractivity contribution in [1.29, 1.82) is 0 Å². The summed E-state index contributed by atoms with van der Waals surface area (Å²) in [5, 5.41) is 0. The van der Waals surface area contributed by atoms with Crippen molar-refractivity contribution in [2.24, 2.45) is 11.3 Å². The molecular formula is C26H26O12. The lowest BCUT2D eigenvalue weighted by Crippen LogP contribution is -2.52. The first-order chi connectivity index (χ1) is 18.3. The minimum atomic E-state index is -2.72. The largest absolute Gasteiger partial charge is 0.493 e. The van der Waals surface area contributed by atoms with Crippen LogP contribution >= 0.6 is 0 Å². The third-order valence-corrected chi connectivity index (χ3v) is 6.38. The molecule has 202 valence electrons. The molecule has 0 amide bonds. The summed E-state index contributed by atoms with van der Waals surface area (Å²) < 4.78 is 42.5. The smallest absolute Gasteiger partial charge is 0.333 e. The molecule has 0 N–H and O–H groups in total. The Hall–Kier alpha value is -4.48. The van der Waals surface area contributed by atoms with E-state index in [1.54, 1.807) is 6.92 Å². The normalized spacial score (nSPS) is 21.3. The van der Waals surface area contributed by atoms with E-state index < -0.39 is 41.1 Å². The number of methoxy groups -OCH3 is 4. The van der Waals surface area contributed by atoms with Gasteiger partial charge in [-0.25, -0.2) is 0 Å². The van der Waals surface area contributed by atoms with Gasteiger partial charge in [0.2, 0.25) is 18.0 Å². The number of rotatable bonds is 9. The fourth-order valence-corrected chi connectivity index (χ4v) is 4.65. The lowest BCUT2D eigenvalue weighted by molar-refractivity contribution is -0.166. The molecule has 2 aliphatic rings. The number of ketones is 1. The maximum Gasteiger partial charge on any atom is 0.333 e. The molecule has 4 rings (SSSR count). The summed E-state index contributed by atoms with van der Waals surface area (Å²) in [4.78, 5) is 54.4. The zero-order valence-corrected chi connectivity index (χ0v) is 21.4. The number of cyclic esters (lactones) is 1. The van der Waals surface area contributed by atoms with E-state index >= 15 is 0 Å². The van der Waals surface area contributed by atoms with Crippen LogP contribution in [0.3, 0.4) is 0 Å². The van der Waals surface area contributed by atoms with Gasteiger partial charge in [-0.3, -0.25) is 19.2 Å². The molecule has 2 aromatic rings. The number of fused-ring (bicyclic) bond motifs is 1. The van der Waals surface area contributed by atoms with Gasteiger partial charge in [0.15, 0.2) is 28.8 Å². The number of esters is 3. The third kappa shape index (κ3) is 4.01. The SMILES string of the molecule is CCOC(=O)[C@@H]1[C@@H](c2cc(OC)c(OC)c(OC)c2)OC(=O)[C@@]1(C(=O)OC)C(=O)c1ccc2c(c1)OCO2. The molecule has 12 heteroatoms. The number of carbonyl (C=O) groups excluding carboxylic acids is 4. The van der Waals surface area contributed by atoms with Gasteiger partial charge in [-0.1, -0.05) is 0 Å². The van der Waals surface area contributed by atoms with Gasteiger partial charge in [0.1, 0.15) is 12.0 Å². The molecule has 2 aliphatic heterocycles. The van der Waals surface area contributed by atoms with Crippen LogP contribution < -0.4 is 23.7 Å². The molecule has 12 nitrogen and oxygen atoms in total. The first-order valence-corrected chi connectivity index (χ1v) is 11.5. The third-order valence-electron chi connectivity index (χ3n) is 6.38. The number of ether oxygens (including phenoxy) is 8. The zero-order valence-electron chi connectivity index (χ0n) is 21.4. The van der Waals surface area contributed by atoms with Crippen molar-refractivity contribution < 1.29 is 57.1 Å². The minimum absolute atomic E-state index is 0.0637. The van der Waals surface area contributed by atoms with Crippen LogP contribution in [0, 0.1) is 11.3 Å². The maximum absolute atomic E-state index is 14.0. The summed E-state index contributed by atoms with van der Waals surface area (Å²) >= 11 is 0. The molecule has 0 aliphatic carbocycles. The molecule has 0 bridgehead atoms. The van der Waals surface area contributed by atoms with Crippen molar-refractivity contribution in [2.45, 2.75) is 13.0 Å². The monoisotopic (exact) mass is 530 g/mol. The van der Waals surface area contributed by atoms with E-state index in [0.717, 1.165) is 7.11 Å². The highest BCUT2D eigenvalue weighted by molar-refractivity contribution is 6.28. The van der Waals surface area contributed by atoms with E-state index in [9.17, 15) is 19.2 Å². The van der Waals surface area contributed by atoms with Crippen LogP contribution in [0.2, 0.25) is 0 Å². The summed E-state index contributed by atoms with van der Waals surface area (Å²) in [5.74, 6) is -5.12. The Morgan fingerprint density at radius 2 is 1.61 bits per heavy atom. The lowest BCUT2D eigenvalue weighted by Gasteiger charge is -2.28. The molecule has 1 saturated heterocycles. The molecule has 2 aromatic carbocycles. The lowest BCUT2D eigenvalue weighted by atomic mass is 9.68.